The van der Waals surface area contributed by atoms with Gasteiger partial charge in [-0.15, -0.1) is 0 Å². The van der Waals surface area contributed by atoms with Gasteiger partial charge in [-0.2, -0.15) is 0 Å². The largest absolute Gasteiger partial charge is 0.480 e. The number of carbonyl (C=O) groups is 2. The van der Waals surface area contributed by atoms with Gasteiger partial charge in [0.15, 0.2) is 0 Å². The van der Waals surface area contributed by atoms with Crippen molar-refractivity contribution in [2.75, 3.05) is 19.8 Å². The molecule has 1 atom stereocenters. The van der Waals surface area contributed by atoms with Crippen LogP contribution in [0.1, 0.15) is 24.8 Å². The van der Waals surface area contributed by atoms with Crippen molar-refractivity contribution in [1.29, 1.82) is 0 Å². The molecule has 23 heavy (non-hydrogen) atoms. The maximum atomic E-state index is 12.4. The molecule has 124 valence electrons. The van der Waals surface area contributed by atoms with Gasteiger partial charge in [-0.05, 0) is 30.2 Å². The van der Waals surface area contributed by atoms with Crippen LogP contribution < -0.4 is 0 Å². The summed E-state index contributed by atoms with van der Waals surface area (Å²) in [7, 11) is 0. The van der Waals surface area contributed by atoms with Crippen LogP contribution in [0.15, 0.2) is 30.3 Å². The van der Waals surface area contributed by atoms with Crippen LogP contribution >= 0.6 is 0 Å². The van der Waals surface area contributed by atoms with E-state index >= 15 is 0 Å². The Morgan fingerprint density at radius 1 is 1.26 bits per heavy atom. The third-order valence-corrected chi connectivity index (χ3v) is 4.79. The molecule has 2 aliphatic rings. The number of amides is 1. The molecule has 1 aromatic rings. The molecule has 2 fully saturated rings. The van der Waals surface area contributed by atoms with Crippen LogP contribution in [-0.2, 0) is 20.9 Å². The zero-order valence-electron chi connectivity index (χ0n) is 12.9. The standard InChI is InChI=1S/C17H21NO5/c19-15(20)14-10-17(6-8-22-9-7-17)12-18(14)16(21)23-11-13-4-2-1-3-5-13/h1-5,14H,6-12H2,(H,19,20)/t14-/m0/s1. The summed E-state index contributed by atoms with van der Waals surface area (Å²) in [5.41, 5.74) is 0.736. The monoisotopic (exact) mass is 319 g/mol. The van der Waals surface area contributed by atoms with Gasteiger partial charge in [0.2, 0.25) is 0 Å². The first-order valence-corrected chi connectivity index (χ1v) is 7.88. The van der Waals surface area contributed by atoms with Crippen molar-refractivity contribution in [3.63, 3.8) is 0 Å². The second-order valence-corrected chi connectivity index (χ2v) is 6.34. The van der Waals surface area contributed by atoms with Gasteiger partial charge in [-0.3, -0.25) is 4.90 Å². The van der Waals surface area contributed by atoms with Gasteiger partial charge in [0.1, 0.15) is 12.6 Å². The number of ether oxygens (including phenoxy) is 2. The smallest absolute Gasteiger partial charge is 0.410 e. The van der Waals surface area contributed by atoms with Crippen molar-refractivity contribution in [3.8, 4) is 0 Å². The van der Waals surface area contributed by atoms with Crippen LogP contribution in [0.3, 0.4) is 0 Å². The average molecular weight is 319 g/mol. The second kappa shape index (κ2) is 6.58. The van der Waals surface area contributed by atoms with E-state index in [-0.39, 0.29) is 12.0 Å². The Kier molecular flexibility index (Phi) is 4.52. The third-order valence-electron chi connectivity index (χ3n) is 4.79. The summed E-state index contributed by atoms with van der Waals surface area (Å²) in [6.45, 7) is 1.83. The van der Waals surface area contributed by atoms with Gasteiger partial charge in [-0.25, -0.2) is 9.59 Å². The highest BCUT2D eigenvalue weighted by molar-refractivity contribution is 5.81. The van der Waals surface area contributed by atoms with Crippen LogP contribution in [0, 0.1) is 5.41 Å². The quantitative estimate of drug-likeness (QED) is 0.925. The van der Waals surface area contributed by atoms with E-state index in [9.17, 15) is 14.7 Å². The van der Waals surface area contributed by atoms with E-state index in [1.165, 1.54) is 4.90 Å². The van der Waals surface area contributed by atoms with E-state index in [0.717, 1.165) is 18.4 Å². The van der Waals surface area contributed by atoms with Gasteiger partial charge in [0.05, 0.1) is 0 Å². The van der Waals surface area contributed by atoms with Crippen molar-refractivity contribution >= 4 is 12.1 Å². The molecule has 0 unspecified atom stereocenters. The maximum absolute atomic E-state index is 12.4. The van der Waals surface area contributed by atoms with E-state index in [1.807, 2.05) is 30.3 Å². The molecule has 1 aromatic carbocycles. The first kappa shape index (κ1) is 15.8. The lowest BCUT2D eigenvalue weighted by Crippen LogP contribution is -2.41. The molecule has 0 aromatic heterocycles. The number of carboxylic acids is 1. The Bertz CT molecular complexity index is 568. The second-order valence-electron chi connectivity index (χ2n) is 6.34. The van der Waals surface area contributed by atoms with Crippen molar-refractivity contribution < 1.29 is 24.2 Å². The minimum Gasteiger partial charge on any atom is -0.480 e. The molecule has 2 heterocycles. The van der Waals surface area contributed by atoms with Gasteiger partial charge in [0, 0.05) is 19.8 Å². The highest BCUT2D eigenvalue weighted by Crippen LogP contribution is 2.43. The number of benzene rings is 1. The summed E-state index contributed by atoms with van der Waals surface area (Å²) in [5, 5.41) is 9.45. The lowest BCUT2D eigenvalue weighted by Gasteiger charge is -2.32. The Labute approximate surface area is 135 Å². The molecule has 0 radical (unpaired) electrons. The van der Waals surface area contributed by atoms with Crippen molar-refractivity contribution in [2.45, 2.75) is 31.9 Å². The third kappa shape index (κ3) is 3.47. The molecule has 1 amide bonds. The SMILES string of the molecule is O=C(O)[C@@H]1CC2(CCOCC2)CN1C(=O)OCc1ccccc1. The lowest BCUT2D eigenvalue weighted by molar-refractivity contribution is -0.141. The Morgan fingerprint density at radius 3 is 2.61 bits per heavy atom. The molecule has 0 aliphatic carbocycles. The van der Waals surface area contributed by atoms with Crippen LogP contribution in [0.5, 0.6) is 0 Å². The normalized spacial score (nSPS) is 23.0. The highest BCUT2D eigenvalue weighted by atomic mass is 16.6. The molecule has 6 nitrogen and oxygen atoms in total. The summed E-state index contributed by atoms with van der Waals surface area (Å²) < 4.78 is 10.7. The molecule has 6 heteroatoms. The molecule has 1 N–H and O–H groups in total. The average Bonchev–Trinajstić information content (AvgIpc) is 2.94. The van der Waals surface area contributed by atoms with E-state index in [2.05, 4.69) is 0 Å². The molecular formula is C17H21NO5. The number of nitrogens with zero attached hydrogens (tertiary/aromatic N) is 1. The number of carboxylic acid groups (broad SMARTS) is 1. The van der Waals surface area contributed by atoms with E-state index in [4.69, 9.17) is 9.47 Å². The summed E-state index contributed by atoms with van der Waals surface area (Å²) in [5.74, 6) is -0.968. The summed E-state index contributed by atoms with van der Waals surface area (Å²) in [6.07, 6.45) is 1.51. The number of carbonyl (C=O) groups excluding carboxylic acids is 1. The Morgan fingerprint density at radius 2 is 1.96 bits per heavy atom. The first-order valence-electron chi connectivity index (χ1n) is 7.88. The minimum absolute atomic E-state index is 0.146. The maximum Gasteiger partial charge on any atom is 0.410 e. The van der Waals surface area contributed by atoms with E-state index < -0.39 is 18.1 Å². The predicted molar refractivity (Wildman–Crippen MR) is 81.9 cm³/mol. The van der Waals surface area contributed by atoms with Crippen LogP contribution in [0.25, 0.3) is 0 Å². The fourth-order valence-corrected chi connectivity index (χ4v) is 3.44. The number of likely N-dealkylation sites (tertiary alicyclic amines) is 1. The first-order chi connectivity index (χ1) is 11.1. The molecule has 0 bridgehead atoms. The summed E-state index contributed by atoms with van der Waals surface area (Å²) in [4.78, 5) is 25.3. The van der Waals surface area contributed by atoms with Gasteiger partial charge in [0.25, 0.3) is 0 Å². The molecular weight excluding hydrogens is 298 g/mol. The number of rotatable bonds is 3. The molecule has 2 aliphatic heterocycles. The van der Waals surface area contributed by atoms with E-state index in [1.54, 1.807) is 0 Å². The van der Waals surface area contributed by atoms with Gasteiger partial charge < -0.3 is 14.6 Å². The Balaban J connectivity index is 1.66. The van der Waals surface area contributed by atoms with E-state index in [0.29, 0.717) is 26.2 Å². The van der Waals surface area contributed by atoms with Crippen molar-refractivity contribution in [2.24, 2.45) is 5.41 Å². The number of hydrogen-bond donors (Lipinski definition) is 1. The van der Waals surface area contributed by atoms with Crippen molar-refractivity contribution in [3.05, 3.63) is 35.9 Å². The molecule has 1 spiro atoms. The zero-order valence-corrected chi connectivity index (χ0v) is 12.9. The molecule has 3 rings (SSSR count). The summed E-state index contributed by atoms with van der Waals surface area (Å²) in [6, 6.07) is 8.56. The highest BCUT2D eigenvalue weighted by Gasteiger charge is 2.49. The molecule has 2 saturated heterocycles. The van der Waals surface area contributed by atoms with Gasteiger partial charge >= 0.3 is 12.1 Å². The fourth-order valence-electron chi connectivity index (χ4n) is 3.44. The Hall–Kier alpha value is -2.08. The van der Waals surface area contributed by atoms with Crippen LogP contribution in [0.4, 0.5) is 4.79 Å². The lowest BCUT2D eigenvalue weighted by atomic mass is 9.78. The minimum atomic E-state index is -0.968. The number of hydrogen-bond acceptors (Lipinski definition) is 4. The predicted octanol–water partition coefficient (Wildman–Crippen LogP) is 2.28. The number of aliphatic carboxylic acids is 1. The topological polar surface area (TPSA) is 76.1 Å². The zero-order chi connectivity index (χ0) is 16.3. The fraction of sp³-hybridized carbons (Fsp3) is 0.529. The van der Waals surface area contributed by atoms with Gasteiger partial charge in [-0.1, -0.05) is 30.3 Å². The summed E-state index contributed by atoms with van der Waals surface area (Å²) >= 11 is 0. The van der Waals surface area contributed by atoms with Crippen molar-refractivity contribution in [1.82, 2.24) is 4.90 Å². The molecule has 0 saturated carbocycles. The van der Waals surface area contributed by atoms with Crippen LogP contribution in [-0.4, -0.2) is 47.9 Å². The van der Waals surface area contributed by atoms with Crippen LogP contribution in [0.2, 0.25) is 0 Å².